The van der Waals surface area contributed by atoms with Gasteiger partial charge in [0.2, 0.25) is 0 Å². The monoisotopic (exact) mass is 304 g/mol. The molecule has 1 aliphatic carbocycles. The molecule has 1 heterocycles. The van der Waals surface area contributed by atoms with E-state index in [0.29, 0.717) is 5.25 Å². The van der Waals surface area contributed by atoms with Gasteiger partial charge in [-0.2, -0.15) is 0 Å². The topological polar surface area (TPSA) is 26.3 Å². The maximum Gasteiger partial charge on any atom is 0.159 e. The predicted octanol–water partition coefficient (Wildman–Crippen LogP) is 4.86. The van der Waals surface area contributed by atoms with E-state index in [4.69, 9.17) is 4.74 Å². The van der Waals surface area contributed by atoms with E-state index in [0.717, 1.165) is 18.6 Å². The van der Waals surface area contributed by atoms with Crippen molar-refractivity contribution in [1.29, 1.82) is 0 Å². The zero-order chi connectivity index (χ0) is 14.7. The fourth-order valence-electron chi connectivity index (χ4n) is 3.59. The average Bonchev–Trinajstić information content (AvgIpc) is 2.49. The Bertz CT molecular complexity index is 483. The van der Waals surface area contributed by atoms with Crippen LogP contribution in [0.25, 0.3) is 0 Å². The third kappa shape index (κ3) is 3.70. The summed E-state index contributed by atoms with van der Waals surface area (Å²) >= 11 is 1.96. The summed E-state index contributed by atoms with van der Waals surface area (Å²) in [6, 6.07) is 8.07. The lowest BCUT2D eigenvalue weighted by atomic mass is 9.80. The summed E-state index contributed by atoms with van der Waals surface area (Å²) in [6.45, 7) is 2.52. The van der Waals surface area contributed by atoms with Crippen molar-refractivity contribution in [2.45, 2.75) is 67.6 Å². The first kappa shape index (κ1) is 15.1. The second-order valence-electron chi connectivity index (χ2n) is 6.41. The molecule has 0 N–H and O–H groups in total. The fraction of sp³-hybridized carbons (Fsp3) is 0.611. The van der Waals surface area contributed by atoms with Crippen molar-refractivity contribution in [2.75, 3.05) is 6.61 Å². The van der Waals surface area contributed by atoms with Crippen molar-refractivity contribution in [2.24, 2.45) is 0 Å². The Morgan fingerprint density at radius 2 is 1.90 bits per heavy atom. The summed E-state index contributed by atoms with van der Waals surface area (Å²) in [5, 5.41) is 0.653. The van der Waals surface area contributed by atoms with Gasteiger partial charge in [-0.3, -0.25) is 4.79 Å². The van der Waals surface area contributed by atoms with Gasteiger partial charge < -0.3 is 4.74 Å². The molecule has 1 aromatic rings. The highest BCUT2D eigenvalue weighted by Crippen LogP contribution is 2.43. The van der Waals surface area contributed by atoms with Crippen LogP contribution < -0.4 is 0 Å². The number of ether oxygens (including phenoxy) is 1. The third-order valence-electron chi connectivity index (χ3n) is 4.78. The van der Waals surface area contributed by atoms with E-state index in [1.54, 1.807) is 6.92 Å². The van der Waals surface area contributed by atoms with Gasteiger partial charge in [-0.1, -0.05) is 31.4 Å². The maximum atomic E-state index is 11.3. The largest absolute Gasteiger partial charge is 0.375 e. The van der Waals surface area contributed by atoms with Crippen LogP contribution in [-0.4, -0.2) is 23.2 Å². The highest BCUT2D eigenvalue weighted by atomic mass is 32.2. The second-order valence-corrected chi connectivity index (χ2v) is 7.78. The highest BCUT2D eigenvalue weighted by Gasteiger charge is 2.38. The smallest absolute Gasteiger partial charge is 0.159 e. The van der Waals surface area contributed by atoms with Crippen LogP contribution >= 0.6 is 11.8 Å². The van der Waals surface area contributed by atoms with Crippen molar-refractivity contribution < 1.29 is 9.53 Å². The Balaban J connectivity index is 1.62. The third-order valence-corrected chi connectivity index (χ3v) is 6.06. The average molecular weight is 304 g/mol. The second kappa shape index (κ2) is 6.53. The normalized spacial score (nSPS) is 24.9. The summed E-state index contributed by atoms with van der Waals surface area (Å²) in [5.74, 6) is 0.138. The van der Waals surface area contributed by atoms with Crippen molar-refractivity contribution in [1.82, 2.24) is 0 Å². The highest BCUT2D eigenvalue weighted by molar-refractivity contribution is 8.00. The lowest BCUT2D eigenvalue weighted by molar-refractivity contribution is -0.0970. The summed E-state index contributed by atoms with van der Waals surface area (Å²) in [7, 11) is 0. The number of rotatable bonds is 3. The summed E-state index contributed by atoms with van der Waals surface area (Å²) in [6.07, 6.45) is 8.83. The molecule has 0 bridgehead atoms. The lowest BCUT2D eigenvalue weighted by Gasteiger charge is -2.43. The molecule has 0 amide bonds. The van der Waals surface area contributed by atoms with Crippen molar-refractivity contribution in [3.63, 3.8) is 0 Å². The first-order chi connectivity index (χ1) is 10.2. The van der Waals surface area contributed by atoms with E-state index in [9.17, 15) is 4.79 Å². The van der Waals surface area contributed by atoms with Crippen LogP contribution in [0.5, 0.6) is 0 Å². The standard InChI is InChI=1S/C18H24O2S/c1-14(19)15-5-7-16(8-6-15)21-17-9-12-20-18(13-17)10-3-2-4-11-18/h5-8,17H,2-4,9-13H2,1H3. The van der Waals surface area contributed by atoms with Crippen LogP contribution in [0.1, 0.15) is 62.2 Å². The number of hydrogen-bond donors (Lipinski definition) is 0. The Morgan fingerprint density at radius 1 is 1.19 bits per heavy atom. The molecular weight excluding hydrogens is 280 g/mol. The van der Waals surface area contributed by atoms with E-state index in [-0.39, 0.29) is 11.4 Å². The van der Waals surface area contributed by atoms with E-state index >= 15 is 0 Å². The van der Waals surface area contributed by atoms with E-state index < -0.39 is 0 Å². The molecule has 1 aliphatic heterocycles. The Hall–Kier alpha value is -0.800. The summed E-state index contributed by atoms with van der Waals surface area (Å²) < 4.78 is 6.17. The van der Waals surface area contributed by atoms with Crippen LogP contribution in [0.4, 0.5) is 0 Å². The molecule has 1 spiro atoms. The minimum atomic E-state index is 0.138. The van der Waals surface area contributed by atoms with Crippen molar-refractivity contribution in [3.8, 4) is 0 Å². The molecule has 1 aromatic carbocycles. The molecule has 2 fully saturated rings. The number of ketones is 1. The van der Waals surface area contributed by atoms with Gasteiger partial charge in [-0.25, -0.2) is 0 Å². The first-order valence-corrected chi connectivity index (χ1v) is 8.96. The predicted molar refractivity (Wildman–Crippen MR) is 87.1 cm³/mol. The van der Waals surface area contributed by atoms with Crippen LogP contribution in [0, 0.1) is 0 Å². The van der Waals surface area contributed by atoms with E-state index in [2.05, 4.69) is 12.1 Å². The maximum absolute atomic E-state index is 11.3. The molecule has 114 valence electrons. The molecule has 3 heteroatoms. The number of Topliss-reactive ketones (excluding diaryl/α,β-unsaturated/α-hetero) is 1. The Morgan fingerprint density at radius 3 is 2.57 bits per heavy atom. The number of benzene rings is 1. The Kier molecular flexibility index (Phi) is 4.70. The molecule has 1 saturated carbocycles. The lowest BCUT2D eigenvalue weighted by Crippen LogP contribution is -2.42. The van der Waals surface area contributed by atoms with Gasteiger partial charge in [0.1, 0.15) is 0 Å². The number of hydrogen-bond acceptors (Lipinski definition) is 3. The molecule has 1 saturated heterocycles. The van der Waals surface area contributed by atoms with Gasteiger partial charge in [0, 0.05) is 22.3 Å². The quantitative estimate of drug-likeness (QED) is 0.746. The molecule has 2 aliphatic rings. The SMILES string of the molecule is CC(=O)c1ccc(SC2CCOC3(CCCCC3)C2)cc1. The molecular formula is C18H24O2S. The van der Waals surface area contributed by atoms with E-state index in [1.165, 1.54) is 43.4 Å². The van der Waals surface area contributed by atoms with Gasteiger partial charge in [-0.05, 0) is 44.7 Å². The minimum Gasteiger partial charge on any atom is -0.375 e. The molecule has 3 rings (SSSR count). The van der Waals surface area contributed by atoms with Crippen molar-refractivity contribution >= 4 is 17.5 Å². The molecule has 1 unspecified atom stereocenters. The molecule has 21 heavy (non-hydrogen) atoms. The van der Waals surface area contributed by atoms with Gasteiger partial charge in [0.25, 0.3) is 0 Å². The number of carbonyl (C=O) groups is 1. The van der Waals surface area contributed by atoms with Crippen LogP contribution in [0.2, 0.25) is 0 Å². The summed E-state index contributed by atoms with van der Waals surface area (Å²) in [4.78, 5) is 12.6. The van der Waals surface area contributed by atoms with Gasteiger partial charge in [-0.15, -0.1) is 11.8 Å². The zero-order valence-corrected chi connectivity index (χ0v) is 13.6. The minimum absolute atomic E-state index is 0.138. The number of thioether (sulfide) groups is 1. The molecule has 0 aromatic heterocycles. The first-order valence-electron chi connectivity index (χ1n) is 8.09. The molecule has 1 atom stereocenters. The van der Waals surface area contributed by atoms with Crippen molar-refractivity contribution in [3.05, 3.63) is 29.8 Å². The van der Waals surface area contributed by atoms with Crippen LogP contribution in [0.15, 0.2) is 29.2 Å². The fourth-order valence-corrected chi connectivity index (χ4v) is 4.87. The van der Waals surface area contributed by atoms with Crippen LogP contribution in [0.3, 0.4) is 0 Å². The number of carbonyl (C=O) groups excluding carboxylic acids is 1. The van der Waals surface area contributed by atoms with Crippen LogP contribution in [-0.2, 0) is 4.74 Å². The summed E-state index contributed by atoms with van der Waals surface area (Å²) in [5.41, 5.74) is 0.975. The van der Waals surface area contributed by atoms with Gasteiger partial charge in [0.15, 0.2) is 5.78 Å². The zero-order valence-electron chi connectivity index (χ0n) is 12.8. The Labute approximate surface area is 131 Å². The molecule has 2 nitrogen and oxygen atoms in total. The van der Waals surface area contributed by atoms with Gasteiger partial charge in [0.05, 0.1) is 5.60 Å². The van der Waals surface area contributed by atoms with E-state index in [1.807, 2.05) is 23.9 Å². The van der Waals surface area contributed by atoms with Gasteiger partial charge >= 0.3 is 0 Å². The molecule has 0 radical (unpaired) electrons.